The van der Waals surface area contributed by atoms with Gasteiger partial charge in [-0.15, -0.1) is 0 Å². The van der Waals surface area contributed by atoms with E-state index >= 15 is 0 Å². The van der Waals surface area contributed by atoms with E-state index in [0.717, 1.165) is 22.5 Å². The number of benzene rings is 3. The van der Waals surface area contributed by atoms with Gasteiger partial charge in [-0.05, 0) is 107 Å². The summed E-state index contributed by atoms with van der Waals surface area (Å²) < 4.78 is 74.2. The lowest BCUT2D eigenvalue weighted by Crippen LogP contribution is -2.46. The first-order valence-corrected chi connectivity index (χ1v) is 24.5. The monoisotopic (exact) mass is 978 g/mol. The lowest BCUT2D eigenvalue weighted by atomic mass is 9.94. The minimum absolute atomic E-state index is 0.0958. The third-order valence-electron chi connectivity index (χ3n) is 10.9. The maximum atomic E-state index is 14.8. The highest BCUT2D eigenvalue weighted by Gasteiger charge is 2.38. The summed E-state index contributed by atoms with van der Waals surface area (Å²) in [6.45, 7) is 20.2. The third-order valence-corrected chi connectivity index (χ3v) is 10.9. The van der Waals surface area contributed by atoms with Gasteiger partial charge in [0.1, 0.15) is 23.8 Å². The quantitative estimate of drug-likeness (QED) is 0.0363. The Labute approximate surface area is 413 Å². The number of para-hydroxylation sites is 1. The van der Waals surface area contributed by atoms with Crippen LogP contribution < -0.4 is 15.8 Å². The Hall–Kier alpha value is -4.75. The molecule has 3 N–H and O–H groups in total. The summed E-state index contributed by atoms with van der Waals surface area (Å²) in [5.74, 6) is -1.41. The number of aromatic nitrogens is 1. The van der Waals surface area contributed by atoms with Crippen LogP contribution in [0.3, 0.4) is 0 Å². The molecule has 15 nitrogen and oxygen atoms in total. The van der Waals surface area contributed by atoms with Crippen LogP contribution in [-0.2, 0) is 54.0 Å². The molecule has 70 heavy (non-hydrogen) atoms. The molecule has 386 valence electrons. The van der Waals surface area contributed by atoms with Gasteiger partial charge in [0.25, 0.3) is 5.91 Å². The van der Waals surface area contributed by atoms with Crippen LogP contribution in [0, 0.1) is 5.82 Å². The predicted octanol–water partition coefficient (Wildman–Crippen LogP) is 8.81. The van der Waals surface area contributed by atoms with Crippen molar-refractivity contribution in [2.75, 3.05) is 97.8 Å². The molecule has 1 fully saturated rings. The van der Waals surface area contributed by atoms with Crippen molar-refractivity contribution < 1.29 is 61.3 Å². The minimum atomic E-state index is -0.950. The second-order valence-corrected chi connectivity index (χ2v) is 18.6. The fourth-order valence-electron chi connectivity index (χ4n) is 8.19. The van der Waals surface area contributed by atoms with Gasteiger partial charge in [-0.2, -0.15) is 0 Å². The summed E-state index contributed by atoms with van der Waals surface area (Å²) in [7, 11) is 0. The van der Waals surface area contributed by atoms with Crippen molar-refractivity contribution in [1.82, 2.24) is 4.57 Å². The summed E-state index contributed by atoms with van der Waals surface area (Å²) in [6.07, 6.45) is 0.404. The van der Waals surface area contributed by atoms with Gasteiger partial charge in [-0.25, -0.2) is 4.39 Å². The molecule has 2 heterocycles. The molecule has 0 spiro atoms. The number of anilines is 1. The molecule has 1 saturated heterocycles. The molecule has 0 unspecified atom stereocenters. The van der Waals surface area contributed by atoms with Gasteiger partial charge in [0.15, 0.2) is 5.79 Å². The van der Waals surface area contributed by atoms with Crippen molar-refractivity contribution in [2.45, 2.75) is 104 Å². The molecule has 16 heteroatoms. The van der Waals surface area contributed by atoms with E-state index in [0.29, 0.717) is 134 Å². The second kappa shape index (κ2) is 28.9. The Morgan fingerprint density at radius 3 is 1.77 bits per heavy atom. The molecule has 4 aromatic rings. The molecule has 1 aromatic heterocycles. The van der Waals surface area contributed by atoms with Crippen LogP contribution in [0.1, 0.15) is 89.7 Å². The SMILES string of the molecule is CC(C)c1c(C(=O)Nc2ccccc2)c(-c2ccc(OCCOCCOCCOCCOCCOCCOCCN)cc2)c(-c2ccc(F)cc2)n1CC[C@@H]1C[C@H](CC(=O)OC(C)(C)C)OC(C)(C)O1. The fraction of sp³-hybridized carbons (Fsp3) is 0.556. The van der Waals surface area contributed by atoms with Crippen molar-refractivity contribution >= 4 is 17.6 Å². The Balaban J connectivity index is 1.24. The maximum Gasteiger partial charge on any atom is 0.308 e. The van der Waals surface area contributed by atoms with Crippen LogP contribution in [0.5, 0.6) is 5.75 Å². The minimum Gasteiger partial charge on any atom is -0.491 e. The van der Waals surface area contributed by atoms with Crippen LogP contribution >= 0.6 is 0 Å². The number of ether oxygens (including phenoxy) is 10. The van der Waals surface area contributed by atoms with E-state index in [1.807, 2.05) is 89.2 Å². The highest BCUT2D eigenvalue weighted by molar-refractivity contribution is 6.12. The number of carbonyl (C=O) groups is 2. The number of esters is 1. The van der Waals surface area contributed by atoms with Crippen molar-refractivity contribution in [3.05, 3.63) is 95.9 Å². The van der Waals surface area contributed by atoms with Crippen molar-refractivity contribution in [1.29, 1.82) is 0 Å². The second-order valence-electron chi connectivity index (χ2n) is 18.6. The van der Waals surface area contributed by atoms with E-state index in [-0.39, 0.29) is 36.1 Å². The van der Waals surface area contributed by atoms with E-state index in [4.69, 9.17) is 53.1 Å². The zero-order valence-corrected chi connectivity index (χ0v) is 42.3. The van der Waals surface area contributed by atoms with Gasteiger partial charge in [-0.1, -0.05) is 44.2 Å². The number of nitrogens with two attached hydrogens (primary N) is 1. The largest absolute Gasteiger partial charge is 0.491 e. The Bertz CT molecular complexity index is 2140. The van der Waals surface area contributed by atoms with Gasteiger partial charge in [0, 0.05) is 36.5 Å². The Morgan fingerprint density at radius 1 is 0.729 bits per heavy atom. The van der Waals surface area contributed by atoms with Gasteiger partial charge >= 0.3 is 5.97 Å². The zero-order valence-electron chi connectivity index (χ0n) is 42.3. The smallest absolute Gasteiger partial charge is 0.308 e. The first kappa shape index (κ1) is 56.2. The molecule has 0 aliphatic carbocycles. The lowest BCUT2D eigenvalue weighted by molar-refractivity contribution is -0.301. The number of rotatable bonds is 31. The topological polar surface area (TPSA) is 169 Å². The molecular weight excluding hydrogens is 902 g/mol. The number of nitrogens with zero attached hydrogens (tertiary/aromatic N) is 1. The number of halogens is 1. The first-order valence-electron chi connectivity index (χ1n) is 24.5. The summed E-state index contributed by atoms with van der Waals surface area (Å²) in [5.41, 5.74) is 9.73. The molecule has 0 saturated carbocycles. The van der Waals surface area contributed by atoms with Crippen molar-refractivity contribution in [3.8, 4) is 28.1 Å². The molecule has 1 amide bonds. The standard InChI is InChI=1S/C54H76FN3O12/c1-39(2)50-49(52(60)57-43-11-9-8-10-12-43)48(40-15-19-44(20-16-40)67-36-35-66-34-33-65-32-31-64-30-29-63-28-27-62-26-25-61-24-22-56)51(41-13-17-42(55)18-14-41)58(50)23-21-45-37-46(69-54(6,7)68-45)38-47(59)70-53(3,4)5/h8-20,39,45-46H,21-38,56H2,1-7H3,(H,57,60)/t45-,46-/m1/s1. The molecule has 3 aromatic carbocycles. The van der Waals surface area contributed by atoms with Crippen molar-refractivity contribution in [2.24, 2.45) is 5.73 Å². The highest BCUT2D eigenvalue weighted by atomic mass is 19.1. The van der Waals surface area contributed by atoms with Crippen molar-refractivity contribution in [3.63, 3.8) is 0 Å². The summed E-state index contributed by atoms with van der Waals surface area (Å²) in [5, 5.41) is 3.15. The van der Waals surface area contributed by atoms with Crippen LogP contribution in [0.25, 0.3) is 22.4 Å². The normalized spacial score (nSPS) is 15.9. The van der Waals surface area contributed by atoms with Gasteiger partial charge < -0.3 is 63.0 Å². The Morgan fingerprint density at radius 2 is 1.24 bits per heavy atom. The maximum absolute atomic E-state index is 14.8. The molecule has 1 aliphatic rings. The fourth-order valence-corrected chi connectivity index (χ4v) is 8.19. The van der Waals surface area contributed by atoms with E-state index in [2.05, 4.69) is 23.7 Å². The molecular formula is C54H76FN3O12. The summed E-state index contributed by atoms with van der Waals surface area (Å²) >= 11 is 0. The summed E-state index contributed by atoms with van der Waals surface area (Å²) in [4.78, 5) is 27.7. The predicted molar refractivity (Wildman–Crippen MR) is 267 cm³/mol. The number of amides is 1. The molecule has 0 bridgehead atoms. The van der Waals surface area contributed by atoms with E-state index < -0.39 is 17.5 Å². The van der Waals surface area contributed by atoms with Gasteiger partial charge in [0.2, 0.25) is 0 Å². The molecule has 1 aliphatic heterocycles. The average Bonchev–Trinajstić information content (AvgIpc) is 3.65. The van der Waals surface area contributed by atoms with Crippen LogP contribution in [0.15, 0.2) is 78.9 Å². The van der Waals surface area contributed by atoms with Crippen LogP contribution in [0.2, 0.25) is 0 Å². The molecule has 2 atom stereocenters. The zero-order chi connectivity index (χ0) is 50.4. The number of nitrogens with one attached hydrogen (secondary N) is 1. The molecule has 5 rings (SSSR count). The first-order chi connectivity index (χ1) is 33.6. The van der Waals surface area contributed by atoms with E-state index in [1.165, 1.54) is 12.1 Å². The van der Waals surface area contributed by atoms with Gasteiger partial charge in [-0.3, -0.25) is 9.59 Å². The van der Waals surface area contributed by atoms with Gasteiger partial charge in [0.05, 0.1) is 109 Å². The third kappa shape index (κ3) is 19.1. The summed E-state index contributed by atoms with van der Waals surface area (Å²) in [6, 6.07) is 23.3. The number of carbonyl (C=O) groups excluding carboxylic acids is 2. The average molecular weight is 978 g/mol. The lowest BCUT2D eigenvalue weighted by Gasteiger charge is -2.41. The van der Waals surface area contributed by atoms with E-state index in [1.54, 1.807) is 12.1 Å². The van der Waals surface area contributed by atoms with Crippen LogP contribution in [0.4, 0.5) is 10.1 Å². The number of hydrogen-bond acceptors (Lipinski definition) is 13. The highest BCUT2D eigenvalue weighted by Crippen LogP contribution is 2.43. The Kier molecular flexibility index (Phi) is 23.2. The van der Waals surface area contributed by atoms with Crippen LogP contribution in [-0.4, -0.2) is 132 Å². The number of hydrogen-bond donors (Lipinski definition) is 2. The molecule has 0 radical (unpaired) electrons. The van der Waals surface area contributed by atoms with E-state index in [9.17, 15) is 14.0 Å².